The van der Waals surface area contributed by atoms with Gasteiger partial charge in [0.1, 0.15) is 0 Å². The fraction of sp³-hybridized carbons (Fsp3) is 0.867. The standard InChI is InChI=1S/C30H46O4.K/c1-25(2)21-8-11-30(7)23(28(21,5)10-9-22(25)32)20(31)16-18-19-17-27(4,24(33)34)13-12-26(19,3)14-15-29(18,30)6;/h16,19,21-23,32H,8-15,17H2,1-7H3,(H,33,34);/q;+1/p-1/t19-,21-,22-,23+,26+,27-,28-,29+,30+;/m0./s1. The molecule has 9 atom stereocenters. The molecule has 0 aliphatic heterocycles. The van der Waals surface area contributed by atoms with Crippen molar-refractivity contribution in [2.45, 2.75) is 112 Å². The Kier molecular flexibility index (Phi) is 6.91. The average Bonchev–Trinajstić information content (AvgIpc) is 2.73. The fourth-order valence-electron chi connectivity index (χ4n) is 10.4. The molecule has 4 nitrogen and oxygen atoms in total. The smallest absolute Gasteiger partial charge is 0.550 e. The molecule has 5 aliphatic rings. The monoisotopic (exact) mass is 508 g/mol. The number of aliphatic hydroxyl groups excluding tert-OH is 1. The molecular formula is C30H45KO4. The second-order valence-corrected chi connectivity index (χ2v) is 14.9. The maximum atomic E-state index is 14.2. The summed E-state index contributed by atoms with van der Waals surface area (Å²) >= 11 is 0. The zero-order valence-corrected chi connectivity index (χ0v) is 26.5. The zero-order chi connectivity index (χ0) is 25.1. The van der Waals surface area contributed by atoms with Crippen molar-refractivity contribution in [3.05, 3.63) is 11.6 Å². The van der Waals surface area contributed by atoms with Crippen molar-refractivity contribution in [1.29, 1.82) is 0 Å². The molecule has 0 radical (unpaired) electrons. The van der Waals surface area contributed by atoms with Gasteiger partial charge in [0.05, 0.1) is 6.10 Å². The Morgan fingerprint density at radius 1 is 0.943 bits per heavy atom. The van der Waals surface area contributed by atoms with Crippen LogP contribution in [-0.2, 0) is 9.59 Å². The molecule has 5 rings (SSSR count). The third-order valence-electron chi connectivity index (χ3n) is 13.0. The van der Waals surface area contributed by atoms with Crippen molar-refractivity contribution < 1.29 is 71.2 Å². The summed E-state index contributed by atoms with van der Waals surface area (Å²) in [5.41, 5.74) is -0.0781. The molecule has 0 aromatic heterocycles. The Bertz CT molecular complexity index is 971. The SMILES string of the molecule is CC1(C)[C@@H](O)CC[C@]2(C)[C@H]3C(=O)C=C4[C@@H]5C[C@@](C)(C(=O)[O-])CC[C@]5(C)CC[C@@]4(C)[C@]3(C)CC[C@@H]12.[K+]. The number of rotatable bonds is 1. The number of carbonyl (C=O) groups excluding carboxylic acids is 2. The minimum Gasteiger partial charge on any atom is -0.550 e. The predicted octanol–water partition coefficient (Wildman–Crippen LogP) is 2.08. The van der Waals surface area contributed by atoms with Crippen molar-refractivity contribution in [2.75, 3.05) is 0 Å². The number of fused-ring (bicyclic) bond motifs is 7. The molecule has 5 heteroatoms. The molecule has 5 aliphatic carbocycles. The molecule has 0 heterocycles. The molecule has 0 bridgehead atoms. The topological polar surface area (TPSA) is 77.4 Å². The summed E-state index contributed by atoms with van der Waals surface area (Å²) in [6.07, 6.45) is 9.69. The van der Waals surface area contributed by atoms with Crippen LogP contribution in [0.4, 0.5) is 0 Å². The van der Waals surface area contributed by atoms with Crippen LogP contribution in [0.3, 0.4) is 0 Å². The Hall–Kier alpha value is 0.476. The number of carboxylic acid groups (broad SMARTS) is 1. The summed E-state index contributed by atoms with van der Waals surface area (Å²) in [5.74, 6) is -0.266. The van der Waals surface area contributed by atoms with Crippen LogP contribution in [0.25, 0.3) is 0 Å². The Labute approximate surface area is 254 Å². The van der Waals surface area contributed by atoms with Gasteiger partial charge in [-0.25, -0.2) is 0 Å². The van der Waals surface area contributed by atoms with Crippen LogP contribution < -0.4 is 56.5 Å². The van der Waals surface area contributed by atoms with E-state index in [1.54, 1.807) is 0 Å². The van der Waals surface area contributed by atoms with E-state index in [1.807, 2.05) is 13.0 Å². The van der Waals surface area contributed by atoms with Gasteiger partial charge in [-0.05, 0) is 103 Å². The van der Waals surface area contributed by atoms with Gasteiger partial charge in [0.25, 0.3) is 0 Å². The van der Waals surface area contributed by atoms with Crippen molar-refractivity contribution in [3.63, 3.8) is 0 Å². The maximum Gasteiger partial charge on any atom is 1.00 e. The van der Waals surface area contributed by atoms with E-state index in [0.717, 1.165) is 44.9 Å². The van der Waals surface area contributed by atoms with Crippen molar-refractivity contribution >= 4 is 11.8 Å². The minimum absolute atomic E-state index is 0. The molecule has 0 saturated heterocycles. The van der Waals surface area contributed by atoms with E-state index in [9.17, 15) is 19.8 Å². The maximum absolute atomic E-state index is 14.2. The third-order valence-corrected chi connectivity index (χ3v) is 13.0. The summed E-state index contributed by atoms with van der Waals surface area (Å²) in [5, 5.41) is 23.0. The molecular weight excluding hydrogens is 463 g/mol. The molecule has 0 unspecified atom stereocenters. The predicted molar refractivity (Wildman–Crippen MR) is 130 cm³/mol. The Balaban J connectivity index is 0.00000289. The van der Waals surface area contributed by atoms with Crippen molar-refractivity contribution in [3.8, 4) is 0 Å². The molecule has 0 amide bonds. The second kappa shape index (κ2) is 8.49. The molecule has 0 aromatic rings. The first-order valence-electron chi connectivity index (χ1n) is 13.7. The summed E-state index contributed by atoms with van der Waals surface area (Å²) in [4.78, 5) is 26.3. The van der Waals surface area contributed by atoms with Gasteiger partial charge in [0.15, 0.2) is 5.78 Å². The Morgan fingerprint density at radius 2 is 1.57 bits per heavy atom. The van der Waals surface area contributed by atoms with E-state index in [4.69, 9.17) is 0 Å². The van der Waals surface area contributed by atoms with E-state index in [2.05, 4.69) is 41.5 Å². The van der Waals surface area contributed by atoms with E-state index in [0.29, 0.717) is 18.8 Å². The first-order chi connectivity index (χ1) is 15.6. The minimum atomic E-state index is -0.940. The normalized spacial score (nSPS) is 52.6. The zero-order valence-electron chi connectivity index (χ0n) is 23.4. The average molecular weight is 509 g/mol. The van der Waals surface area contributed by atoms with Crippen molar-refractivity contribution in [2.24, 2.45) is 50.2 Å². The summed E-state index contributed by atoms with van der Waals surface area (Å²) in [6, 6.07) is 0. The van der Waals surface area contributed by atoms with Gasteiger partial charge in [-0.2, -0.15) is 0 Å². The number of carboxylic acids is 1. The van der Waals surface area contributed by atoms with E-state index >= 15 is 0 Å². The van der Waals surface area contributed by atoms with Gasteiger partial charge in [0.2, 0.25) is 0 Å². The van der Waals surface area contributed by atoms with Gasteiger partial charge >= 0.3 is 51.4 Å². The Morgan fingerprint density at radius 3 is 2.20 bits per heavy atom. The van der Waals surface area contributed by atoms with E-state index < -0.39 is 11.4 Å². The van der Waals surface area contributed by atoms with Crippen LogP contribution in [-0.4, -0.2) is 23.0 Å². The van der Waals surface area contributed by atoms with Gasteiger partial charge in [0, 0.05) is 17.3 Å². The first kappa shape index (κ1) is 28.5. The van der Waals surface area contributed by atoms with E-state index in [1.165, 1.54) is 5.57 Å². The van der Waals surface area contributed by atoms with Crippen LogP contribution in [0.5, 0.6) is 0 Å². The number of aliphatic carboxylic acids is 1. The third kappa shape index (κ3) is 3.60. The van der Waals surface area contributed by atoms with Crippen LogP contribution in [0.15, 0.2) is 11.6 Å². The second-order valence-electron chi connectivity index (χ2n) is 14.9. The van der Waals surface area contributed by atoms with Crippen molar-refractivity contribution in [1.82, 2.24) is 0 Å². The number of hydrogen-bond acceptors (Lipinski definition) is 4. The molecule has 4 saturated carbocycles. The largest absolute Gasteiger partial charge is 1.00 e. The number of hydrogen-bond donors (Lipinski definition) is 1. The molecule has 1 N–H and O–H groups in total. The summed E-state index contributed by atoms with van der Waals surface area (Å²) in [7, 11) is 0. The number of aliphatic hydroxyl groups is 1. The van der Waals surface area contributed by atoms with E-state index in [-0.39, 0.29) is 102 Å². The van der Waals surface area contributed by atoms with Crippen LogP contribution in [0, 0.1) is 50.2 Å². The van der Waals surface area contributed by atoms with Gasteiger partial charge in [-0.1, -0.05) is 54.0 Å². The molecule has 35 heavy (non-hydrogen) atoms. The number of carbonyl (C=O) groups is 2. The van der Waals surface area contributed by atoms with Gasteiger partial charge in [-0.3, -0.25) is 4.79 Å². The fourth-order valence-corrected chi connectivity index (χ4v) is 10.4. The number of ketones is 1. The number of allylic oxidation sites excluding steroid dienone is 2. The van der Waals surface area contributed by atoms with Crippen LogP contribution in [0.2, 0.25) is 0 Å². The van der Waals surface area contributed by atoms with Gasteiger partial charge < -0.3 is 15.0 Å². The molecule has 0 spiro atoms. The van der Waals surface area contributed by atoms with Gasteiger partial charge in [-0.15, -0.1) is 0 Å². The van der Waals surface area contributed by atoms with Crippen LogP contribution in [0.1, 0.15) is 106 Å². The summed E-state index contributed by atoms with van der Waals surface area (Å²) in [6.45, 7) is 15.7. The quantitative estimate of drug-likeness (QED) is 0.550. The molecule has 190 valence electrons. The summed E-state index contributed by atoms with van der Waals surface area (Å²) < 4.78 is 0. The van der Waals surface area contributed by atoms with Crippen LogP contribution >= 0.6 is 0 Å². The first-order valence-corrected chi connectivity index (χ1v) is 13.7. The molecule has 4 fully saturated rings. The molecule has 0 aromatic carbocycles.